The predicted molar refractivity (Wildman–Crippen MR) is 135 cm³/mol. The van der Waals surface area contributed by atoms with Crippen molar-refractivity contribution in [1.82, 2.24) is 4.90 Å². The summed E-state index contributed by atoms with van der Waals surface area (Å²) in [4.78, 5) is 50.7. The number of carbonyl (C=O) groups is 4. The Bertz CT molecular complexity index is 1310. The summed E-state index contributed by atoms with van der Waals surface area (Å²) in [6, 6.07) is 3.18. The number of aromatic hydroxyl groups is 1. The van der Waals surface area contributed by atoms with E-state index in [0.717, 1.165) is 31.0 Å². The van der Waals surface area contributed by atoms with Gasteiger partial charge in [0, 0.05) is 24.9 Å². The van der Waals surface area contributed by atoms with E-state index in [2.05, 4.69) is 4.90 Å². The molecule has 2 bridgehead atoms. The predicted octanol–water partition coefficient (Wildman–Crippen LogP) is 1.19. The number of rotatable bonds is 7. The van der Waals surface area contributed by atoms with Crippen LogP contribution in [0.3, 0.4) is 0 Å². The van der Waals surface area contributed by atoms with Crippen LogP contribution < -0.4 is 4.74 Å². The molecule has 2 heterocycles. The summed E-state index contributed by atoms with van der Waals surface area (Å²) in [5.74, 6) is -5.55. The number of benzene rings is 1. The van der Waals surface area contributed by atoms with Gasteiger partial charge in [-0.25, -0.2) is 9.59 Å². The Labute approximate surface area is 230 Å². The molecule has 1 aromatic carbocycles. The first-order chi connectivity index (χ1) is 18.8. The second-order valence-electron chi connectivity index (χ2n) is 11.1. The minimum absolute atomic E-state index is 0.0713. The van der Waals surface area contributed by atoms with Gasteiger partial charge >= 0.3 is 23.9 Å². The number of carboxylic acids is 1. The Morgan fingerprint density at radius 3 is 2.55 bits per heavy atom. The molecule has 12 nitrogen and oxygen atoms in total. The molecular formula is C28H33NO11. The van der Waals surface area contributed by atoms with E-state index in [1.165, 1.54) is 13.8 Å². The van der Waals surface area contributed by atoms with Gasteiger partial charge in [0.2, 0.25) is 6.10 Å². The fourth-order valence-electron chi connectivity index (χ4n) is 6.84. The highest BCUT2D eigenvalue weighted by Gasteiger charge is 2.71. The van der Waals surface area contributed by atoms with Gasteiger partial charge in [-0.2, -0.15) is 0 Å². The summed E-state index contributed by atoms with van der Waals surface area (Å²) >= 11 is 0. The molecule has 40 heavy (non-hydrogen) atoms. The molecule has 3 N–H and O–H groups in total. The van der Waals surface area contributed by atoms with E-state index in [9.17, 15) is 34.5 Å². The van der Waals surface area contributed by atoms with Crippen LogP contribution in [0.15, 0.2) is 24.0 Å². The number of ether oxygens (including phenoxy) is 4. The zero-order valence-corrected chi connectivity index (χ0v) is 22.7. The van der Waals surface area contributed by atoms with Gasteiger partial charge < -0.3 is 39.2 Å². The van der Waals surface area contributed by atoms with Gasteiger partial charge in [0.1, 0.15) is 11.7 Å². The van der Waals surface area contributed by atoms with Crippen LogP contribution >= 0.6 is 0 Å². The number of carbonyl (C=O) groups excluding carboxylic acids is 3. The second-order valence-corrected chi connectivity index (χ2v) is 11.1. The molecule has 216 valence electrons. The maximum absolute atomic E-state index is 13.1. The quantitative estimate of drug-likeness (QED) is 0.323. The summed E-state index contributed by atoms with van der Waals surface area (Å²) < 4.78 is 22.0. The molecule has 0 saturated carbocycles. The highest BCUT2D eigenvalue weighted by Crippen LogP contribution is 2.64. The molecule has 4 aliphatic rings. The zero-order chi connectivity index (χ0) is 29.1. The van der Waals surface area contributed by atoms with Crippen molar-refractivity contribution in [2.45, 2.75) is 81.8 Å². The van der Waals surface area contributed by atoms with Gasteiger partial charge in [-0.1, -0.05) is 6.07 Å². The Kier molecular flexibility index (Phi) is 6.82. The molecule has 12 heteroatoms. The van der Waals surface area contributed by atoms with Crippen LogP contribution in [0.5, 0.6) is 11.5 Å². The molecule has 0 aromatic heterocycles. The van der Waals surface area contributed by atoms with Gasteiger partial charge in [-0.3, -0.25) is 9.59 Å². The molecule has 7 atom stereocenters. The summed E-state index contributed by atoms with van der Waals surface area (Å²) in [5.41, 5.74) is -0.545. The molecule has 0 amide bonds. The van der Waals surface area contributed by atoms with Crippen LogP contribution in [0.4, 0.5) is 0 Å². The lowest BCUT2D eigenvalue weighted by molar-refractivity contribution is -0.182. The molecule has 1 fully saturated rings. The number of phenols is 1. The minimum atomic E-state index is -1.76. The van der Waals surface area contributed by atoms with Crippen LogP contribution in [0.1, 0.15) is 51.2 Å². The Hall–Kier alpha value is -3.64. The van der Waals surface area contributed by atoms with Crippen LogP contribution in [-0.4, -0.2) is 87.6 Å². The molecule has 0 radical (unpaired) electrons. The fourth-order valence-corrected chi connectivity index (χ4v) is 6.84. The average Bonchev–Trinajstić information content (AvgIpc) is 3.23. The number of aliphatic carboxylic acids is 1. The normalized spacial score (nSPS) is 30.4. The maximum Gasteiger partial charge on any atom is 0.352 e. The number of hydrogen-bond donors (Lipinski definition) is 3. The van der Waals surface area contributed by atoms with Gasteiger partial charge in [0.05, 0.1) is 11.0 Å². The van der Waals surface area contributed by atoms with Gasteiger partial charge in [-0.05, 0) is 64.4 Å². The number of carboxylic acid groups (broad SMARTS) is 1. The Morgan fingerprint density at radius 2 is 1.88 bits per heavy atom. The lowest BCUT2D eigenvalue weighted by Gasteiger charge is -2.56. The third kappa shape index (κ3) is 4.03. The number of hydrogen-bond acceptors (Lipinski definition) is 11. The van der Waals surface area contributed by atoms with E-state index in [1.54, 1.807) is 12.1 Å². The van der Waals surface area contributed by atoms with Gasteiger partial charge in [0.25, 0.3) is 0 Å². The van der Waals surface area contributed by atoms with Crippen molar-refractivity contribution in [3.8, 4) is 11.5 Å². The summed E-state index contributed by atoms with van der Waals surface area (Å²) in [7, 11) is 1.97. The Balaban J connectivity index is 1.42. The molecule has 1 aromatic rings. The standard InChI is InChI=1S/C28H33NO11/c1-13(24(32)33)21(38-15(3)30)26(35)37-14(2)25(34)39-18-8-10-28(36)19-12-16-6-7-17(31)22-20(16)27(28,23(18)40-22)9-5-11-29(19)4/h6-8,13-14,19,21,23,31,36H,5,9-12H2,1-4H3,(H,32,33)/t13-,14+,19-,21-,23+,27+,28-/m1/s1. The number of aliphatic hydroxyl groups is 1. The molecule has 2 aliphatic heterocycles. The summed E-state index contributed by atoms with van der Waals surface area (Å²) in [6.07, 6.45) is -0.575. The van der Waals surface area contributed by atoms with Crippen molar-refractivity contribution >= 4 is 23.9 Å². The lowest BCUT2D eigenvalue weighted by Crippen LogP contribution is -2.69. The van der Waals surface area contributed by atoms with Crippen molar-refractivity contribution in [3.63, 3.8) is 0 Å². The largest absolute Gasteiger partial charge is 0.504 e. The molecule has 0 unspecified atom stereocenters. The van der Waals surface area contributed by atoms with E-state index in [1.807, 2.05) is 13.1 Å². The van der Waals surface area contributed by atoms with E-state index in [0.29, 0.717) is 12.8 Å². The molecule has 1 saturated heterocycles. The van der Waals surface area contributed by atoms with Gasteiger partial charge in [-0.15, -0.1) is 0 Å². The average molecular weight is 560 g/mol. The van der Waals surface area contributed by atoms with E-state index in [4.69, 9.17) is 18.9 Å². The topological polar surface area (TPSA) is 169 Å². The first kappa shape index (κ1) is 27.9. The fraction of sp³-hybridized carbons (Fsp3) is 0.571. The number of phenolic OH excluding ortho intramolecular Hbond substituents is 1. The molecule has 1 spiro atoms. The number of likely N-dealkylation sites (tertiary alicyclic amines) is 1. The van der Waals surface area contributed by atoms with Crippen molar-refractivity contribution in [1.29, 1.82) is 0 Å². The van der Waals surface area contributed by atoms with Crippen molar-refractivity contribution in [2.75, 3.05) is 13.6 Å². The van der Waals surface area contributed by atoms with E-state index in [-0.39, 0.29) is 29.7 Å². The third-order valence-corrected chi connectivity index (χ3v) is 8.79. The highest BCUT2D eigenvalue weighted by atomic mass is 16.6. The highest BCUT2D eigenvalue weighted by molar-refractivity contribution is 5.87. The van der Waals surface area contributed by atoms with Crippen molar-refractivity contribution in [2.24, 2.45) is 5.92 Å². The van der Waals surface area contributed by atoms with Crippen molar-refractivity contribution < 1.29 is 53.4 Å². The van der Waals surface area contributed by atoms with Crippen LogP contribution in [0.2, 0.25) is 0 Å². The third-order valence-electron chi connectivity index (χ3n) is 8.79. The maximum atomic E-state index is 13.1. The summed E-state index contributed by atoms with van der Waals surface area (Å²) in [5, 5.41) is 32.3. The Morgan fingerprint density at radius 1 is 1.15 bits per heavy atom. The number of nitrogens with zero attached hydrogens (tertiary/aromatic N) is 1. The van der Waals surface area contributed by atoms with E-state index >= 15 is 0 Å². The van der Waals surface area contributed by atoms with Gasteiger partial charge in [0.15, 0.2) is 23.7 Å². The van der Waals surface area contributed by atoms with E-state index < -0.39 is 59.1 Å². The zero-order valence-electron chi connectivity index (χ0n) is 22.7. The lowest BCUT2D eigenvalue weighted by atomic mass is 9.52. The molecular weight excluding hydrogens is 526 g/mol. The molecule has 2 aliphatic carbocycles. The minimum Gasteiger partial charge on any atom is -0.504 e. The monoisotopic (exact) mass is 559 g/mol. The van der Waals surface area contributed by atoms with Crippen molar-refractivity contribution in [3.05, 3.63) is 35.1 Å². The molecule has 5 rings (SSSR count). The van der Waals surface area contributed by atoms with Crippen LogP contribution in [0.25, 0.3) is 0 Å². The first-order valence-corrected chi connectivity index (χ1v) is 13.3. The second kappa shape index (κ2) is 9.77. The SMILES string of the molecule is CC(=O)O[C@@H](C(=O)O[C@@H](C)C(=O)OC1=CC[C@@]2(O)[C@H]3Cc4ccc(O)c5c4[C@@]2(CCCN3C)[C@H]1O5)[C@@H](C)C(=O)O. The smallest absolute Gasteiger partial charge is 0.352 e. The first-order valence-electron chi connectivity index (χ1n) is 13.3. The van der Waals surface area contributed by atoms with Crippen LogP contribution in [0, 0.1) is 5.92 Å². The number of likely N-dealkylation sites (N-methyl/N-ethyl adjacent to an activating group) is 1. The summed E-state index contributed by atoms with van der Waals surface area (Å²) in [6.45, 7) is 4.19. The number of esters is 3. The van der Waals surface area contributed by atoms with Crippen LogP contribution in [-0.2, 0) is 45.2 Å².